The van der Waals surface area contributed by atoms with E-state index in [1.54, 1.807) is 0 Å². The summed E-state index contributed by atoms with van der Waals surface area (Å²) in [6.45, 7) is 8.55. The number of hydrogen-bond acceptors (Lipinski definition) is 3. The number of carboxylic acids is 1. The molecule has 122 valence electrons. The summed E-state index contributed by atoms with van der Waals surface area (Å²) < 4.78 is 5.54. The van der Waals surface area contributed by atoms with Crippen LogP contribution in [0.15, 0.2) is 0 Å². The van der Waals surface area contributed by atoms with Crippen molar-refractivity contribution in [1.29, 1.82) is 0 Å². The van der Waals surface area contributed by atoms with Crippen LogP contribution in [0.25, 0.3) is 0 Å². The zero-order chi connectivity index (χ0) is 15.8. The zero-order valence-electron chi connectivity index (χ0n) is 13.4. The Balaban J connectivity index is 2.37. The van der Waals surface area contributed by atoms with Gasteiger partial charge in [0.15, 0.2) is 0 Å². The van der Waals surface area contributed by atoms with E-state index in [0.717, 1.165) is 25.8 Å². The van der Waals surface area contributed by atoms with Gasteiger partial charge < -0.3 is 19.6 Å². The number of nitrogens with zero attached hydrogens (tertiary/aromatic N) is 2. The number of rotatable bonds is 7. The van der Waals surface area contributed by atoms with Gasteiger partial charge in [-0.2, -0.15) is 0 Å². The molecule has 1 aliphatic heterocycles. The SMILES string of the molecule is CCCN(C(=O)N1CCC(OCCC(=O)O)CC1)C(C)C. The first-order chi connectivity index (χ1) is 9.95. The normalized spacial score (nSPS) is 16.3. The van der Waals surface area contributed by atoms with Crippen LogP contribution in [0.1, 0.15) is 46.5 Å². The van der Waals surface area contributed by atoms with E-state index in [1.807, 2.05) is 23.6 Å². The average molecular weight is 300 g/mol. The molecule has 0 radical (unpaired) electrons. The third kappa shape index (κ3) is 5.91. The number of aliphatic carboxylic acids is 1. The Bertz CT molecular complexity index is 339. The second-order valence-electron chi connectivity index (χ2n) is 5.77. The van der Waals surface area contributed by atoms with E-state index >= 15 is 0 Å². The predicted molar refractivity (Wildman–Crippen MR) is 80.3 cm³/mol. The van der Waals surface area contributed by atoms with Gasteiger partial charge in [-0.3, -0.25) is 4.79 Å². The predicted octanol–water partition coefficient (Wildman–Crippen LogP) is 2.18. The summed E-state index contributed by atoms with van der Waals surface area (Å²) >= 11 is 0. The van der Waals surface area contributed by atoms with Crippen LogP contribution in [-0.4, -0.2) is 65.3 Å². The highest BCUT2D eigenvalue weighted by molar-refractivity contribution is 5.74. The highest BCUT2D eigenvalue weighted by Gasteiger charge is 2.27. The molecule has 0 aromatic carbocycles. The number of carbonyl (C=O) groups is 2. The van der Waals surface area contributed by atoms with Crippen LogP contribution in [0.4, 0.5) is 4.79 Å². The summed E-state index contributed by atoms with van der Waals surface area (Å²) in [5.74, 6) is -0.838. The summed E-state index contributed by atoms with van der Waals surface area (Å²) in [6.07, 6.45) is 2.63. The topological polar surface area (TPSA) is 70.1 Å². The third-order valence-corrected chi connectivity index (χ3v) is 3.72. The lowest BCUT2D eigenvalue weighted by Gasteiger charge is -2.37. The molecule has 1 N–H and O–H groups in total. The van der Waals surface area contributed by atoms with Crippen LogP contribution in [0.5, 0.6) is 0 Å². The quantitative estimate of drug-likeness (QED) is 0.782. The molecule has 0 bridgehead atoms. The Hall–Kier alpha value is -1.30. The first kappa shape index (κ1) is 17.8. The van der Waals surface area contributed by atoms with Crippen molar-refractivity contribution in [1.82, 2.24) is 9.80 Å². The summed E-state index contributed by atoms with van der Waals surface area (Å²) in [7, 11) is 0. The van der Waals surface area contributed by atoms with Gasteiger partial charge in [-0.1, -0.05) is 6.92 Å². The van der Waals surface area contributed by atoms with Crippen LogP contribution in [0.3, 0.4) is 0 Å². The highest BCUT2D eigenvalue weighted by atomic mass is 16.5. The number of carboxylic acid groups (broad SMARTS) is 1. The molecule has 1 saturated heterocycles. The van der Waals surface area contributed by atoms with Gasteiger partial charge in [-0.25, -0.2) is 4.79 Å². The molecule has 2 amide bonds. The number of likely N-dealkylation sites (tertiary alicyclic amines) is 1. The largest absolute Gasteiger partial charge is 0.481 e. The first-order valence-corrected chi connectivity index (χ1v) is 7.84. The number of urea groups is 1. The van der Waals surface area contributed by atoms with Gasteiger partial charge in [0.25, 0.3) is 0 Å². The van der Waals surface area contributed by atoms with Crippen LogP contribution in [0, 0.1) is 0 Å². The Morgan fingerprint density at radius 3 is 2.43 bits per heavy atom. The van der Waals surface area contributed by atoms with E-state index in [-0.39, 0.29) is 31.2 Å². The molecule has 0 saturated carbocycles. The van der Waals surface area contributed by atoms with Crippen molar-refractivity contribution in [2.75, 3.05) is 26.2 Å². The maximum atomic E-state index is 12.5. The van der Waals surface area contributed by atoms with Crippen LogP contribution >= 0.6 is 0 Å². The van der Waals surface area contributed by atoms with Gasteiger partial charge in [0.1, 0.15) is 0 Å². The Morgan fingerprint density at radius 2 is 1.95 bits per heavy atom. The molecule has 21 heavy (non-hydrogen) atoms. The summed E-state index contributed by atoms with van der Waals surface area (Å²) in [6, 6.07) is 0.317. The van der Waals surface area contributed by atoms with Crippen molar-refractivity contribution >= 4 is 12.0 Å². The molecular weight excluding hydrogens is 272 g/mol. The molecule has 6 heteroatoms. The molecule has 0 aliphatic carbocycles. The maximum Gasteiger partial charge on any atom is 0.320 e. The van der Waals surface area contributed by atoms with Gasteiger partial charge >= 0.3 is 12.0 Å². The summed E-state index contributed by atoms with van der Waals surface area (Å²) in [5, 5.41) is 8.58. The van der Waals surface area contributed by atoms with E-state index in [9.17, 15) is 9.59 Å². The molecule has 1 aliphatic rings. The van der Waals surface area contributed by atoms with E-state index in [2.05, 4.69) is 6.92 Å². The lowest BCUT2D eigenvalue weighted by molar-refractivity contribution is -0.138. The Kier molecular flexibility index (Phi) is 7.50. The fourth-order valence-electron chi connectivity index (χ4n) is 2.52. The van der Waals surface area contributed by atoms with E-state index in [4.69, 9.17) is 9.84 Å². The lowest BCUT2D eigenvalue weighted by Crippen LogP contribution is -2.50. The van der Waals surface area contributed by atoms with Crippen molar-refractivity contribution in [3.63, 3.8) is 0 Å². The zero-order valence-corrected chi connectivity index (χ0v) is 13.4. The van der Waals surface area contributed by atoms with Gasteiger partial charge in [0.05, 0.1) is 19.1 Å². The van der Waals surface area contributed by atoms with Crippen LogP contribution in [-0.2, 0) is 9.53 Å². The van der Waals surface area contributed by atoms with Crippen molar-refractivity contribution in [2.24, 2.45) is 0 Å². The van der Waals surface area contributed by atoms with Gasteiger partial charge in [-0.05, 0) is 33.1 Å². The molecule has 0 spiro atoms. The van der Waals surface area contributed by atoms with Crippen molar-refractivity contribution in [3.8, 4) is 0 Å². The van der Waals surface area contributed by atoms with Crippen molar-refractivity contribution in [2.45, 2.75) is 58.6 Å². The highest BCUT2D eigenvalue weighted by Crippen LogP contribution is 2.16. The minimum atomic E-state index is -0.838. The van der Waals surface area contributed by atoms with Crippen LogP contribution in [0.2, 0.25) is 0 Å². The molecular formula is C15H28N2O4. The first-order valence-electron chi connectivity index (χ1n) is 7.84. The Morgan fingerprint density at radius 1 is 1.33 bits per heavy atom. The van der Waals surface area contributed by atoms with E-state index in [1.165, 1.54) is 0 Å². The number of hydrogen-bond donors (Lipinski definition) is 1. The average Bonchev–Trinajstić information content (AvgIpc) is 2.44. The third-order valence-electron chi connectivity index (χ3n) is 3.72. The fourth-order valence-corrected chi connectivity index (χ4v) is 2.52. The summed E-state index contributed by atoms with van der Waals surface area (Å²) in [4.78, 5) is 26.7. The maximum absolute atomic E-state index is 12.5. The van der Waals surface area contributed by atoms with Gasteiger partial charge in [0.2, 0.25) is 0 Å². The molecule has 6 nitrogen and oxygen atoms in total. The molecule has 0 unspecified atom stereocenters. The minimum absolute atomic E-state index is 0.0385. The van der Waals surface area contributed by atoms with Crippen molar-refractivity contribution in [3.05, 3.63) is 0 Å². The molecule has 0 atom stereocenters. The molecule has 0 aromatic heterocycles. The number of ether oxygens (including phenoxy) is 1. The second-order valence-corrected chi connectivity index (χ2v) is 5.77. The van der Waals surface area contributed by atoms with Gasteiger partial charge in [-0.15, -0.1) is 0 Å². The standard InChI is InChI=1S/C15H28N2O4/c1-4-8-17(12(2)3)15(20)16-9-5-13(6-10-16)21-11-7-14(18)19/h12-13H,4-11H2,1-3H3,(H,18,19). The monoisotopic (exact) mass is 300 g/mol. The second kappa shape index (κ2) is 8.87. The number of amides is 2. The molecule has 1 rings (SSSR count). The summed E-state index contributed by atoms with van der Waals surface area (Å²) in [5.41, 5.74) is 0. The molecule has 1 heterocycles. The lowest BCUT2D eigenvalue weighted by atomic mass is 10.1. The minimum Gasteiger partial charge on any atom is -0.481 e. The number of piperidine rings is 1. The van der Waals surface area contributed by atoms with Gasteiger partial charge in [0, 0.05) is 25.7 Å². The number of carbonyl (C=O) groups excluding carboxylic acids is 1. The smallest absolute Gasteiger partial charge is 0.320 e. The van der Waals surface area contributed by atoms with E-state index in [0.29, 0.717) is 13.1 Å². The molecule has 1 fully saturated rings. The van der Waals surface area contributed by atoms with Crippen molar-refractivity contribution < 1.29 is 19.4 Å². The van der Waals surface area contributed by atoms with E-state index < -0.39 is 5.97 Å². The van der Waals surface area contributed by atoms with Crippen LogP contribution < -0.4 is 0 Å². The Labute approximate surface area is 127 Å². The fraction of sp³-hybridized carbons (Fsp3) is 0.867. The molecule has 0 aromatic rings.